The van der Waals surface area contributed by atoms with Crippen molar-refractivity contribution in [2.24, 2.45) is 16.6 Å². The number of fused-ring (bicyclic) bond motifs is 1. The Balaban J connectivity index is 2.22. The Morgan fingerprint density at radius 3 is 2.55 bits per heavy atom. The van der Waals surface area contributed by atoms with Gasteiger partial charge in [0, 0.05) is 11.9 Å². The Labute approximate surface area is 191 Å². The molecule has 0 saturated heterocycles. The summed E-state index contributed by atoms with van der Waals surface area (Å²) in [6, 6.07) is 12.4. The molecule has 3 N–H and O–H groups in total. The number of aromatic nitrogens is 1. The van der Waals surface area contributed by atoms with Gasteiger partial charge in [-0.25, -0.2) is 0 Å². The van der Waals surface area contributed by atoms with E-state index in [0.29, 0.717) is 11.1 Å². The fraction of sp³-hybridized carbons (Fsp3) is 0.182. The van der Waals surface area contributed by atoms with Gasteiger partial charge in [-0.05, 0) is 48.7 Å². The summed E-state index contributed by atoms with van der Waals surface area (Å²) in [6.45, 7) is 1.63. The summed E-state index contributed by atoms with van der Waals surface area (Å²) in [7, 11) is 0. The molecule has 3 rings (SSSR count). The molecule has 0 amide bonds. The SMILES string of the molecule is CC(N=C(N)C(C#N)C=N)c1cc2cccc(Cl)c2c(=O)n1-c1ccc(OC(F)(F)F)cc1. The molecule has 0 fully saturated rings. The molecule has 0 bridgehead atoms. The number of nitrogens with one attached hydrogen (secondary N) is 1. The molecule has 11 heteroatoms. The Kier molecular flexibility index (Phi) is 6.74. The number of alkyl halides is 3. The van der Waals surface area contributed by atoms with Crippen LogP contribution >= 0.6 is 11.6 Å². The maximum atomic E-state index is 13.4. The van der Waals surface area contributed by atoms with Crippen molar-refractivity contribution in [3.05, 3.63) is 69.6 Å². The zero-order chi connectivity index (χ0) is 24.3. The van der Waals surface area contributed by atoms with E-state index in [1.807, 2.05) is 6.07 Å². The third kappa shape index (κ3) is 5.15. The molecular formula is C22H17ClF3N5O2. The highest BCUT2D eigenvalue weighted by molar-refractivity contribution is 6.35. The molecule has 0 aliphatic rings. The molecule has 0 aliphatic heterocycles. The van der Waals surface area contributed by atoms with Gasteiger partial charge in [-0.3, -0.25) is 14.4 Å². The van der Waals surface area contributed by atoms with Crippen molar-refractivity contribution >= 4 is 34.4 Å². The average molecular weight is 476 g/mol. The average Bonchev–Trinajstić information content (AvgIpc) is 2.74. The van der Waals surface area contributed by atoms with Gasteiger partial charge in [0.2, 0.25) is 0 Å². The summed E-state index contributed by atoms with van der Waals surface area (Å²) in [5.74, 6) is -1.60. The number of aliphatic imine (C=N–C) groups is 1. The topological polar surface area (TPSA) is 117 Å². The van der Waals surface area contributed by atoms with Crippen LogP contribution in [0.2, 0.25) is 5.02 Å². The predicted molar refractivity (Wildman–Crippen MR) is 119 cm³/mol. The van der Waals surface area contributed by atoms with Crippen LogP contribution in [-0.2, 0) is 0 Å². The van der Waals surface area contributed by atoms with Crippen LogP contribution in [-0.4, -0.2) is 23.0 Å². The lowest BCUT2D eigenvalue weighted by atomic mass is 10.1. The number of nitrogens with zero attached hydrogens (tertiary/aromatic N) is 3. The van der Waals surface area contributed by atoms with Gasteiger partial charge in [-0.2, -0.15) is 5.26 Å². The first kappa shape index (κ1) is 23.8. The van der Waals surface area contributed by atoms with E-state index in [1.165, 1.54) is 16.7 Å². The lowest BCUT2D eigenvalue weighted by Gasteiger charge is -2.19. The normalized spacial score (nSPS) is 13.9. The summed E-state index contributed by atoms with van der Waals surface area (Å²) < 4.78 is 42.7. The fourth-order valence-electron chi connectivity index (χ4n) is 3.27. The second-order valence-corrected chi connectivity index (χ2v) is 7.37. The molecule has 170 valence electrons. The van der Waals surface area contributed by atoms with Gasteiger partial charge in [0.05, 0.1) is 28.2 Å². The minimum Gasteiger partial charge on any atom is -0.406 e. The number of hydrogen-bond donors (Lipinski definition) is 2. The lowest BCUT2D eigenvalue weighted by molar-refractivity contribution is -0.274. The highest BCUT2D eigenvalue weighted by Gasteiger charge is 2.31. The number of halogens is 4. The Morgan fingerprint density at radius 2 is 1.97 bits per heavy atom. The number of pyridine rings is 1. The molecule has 1 heterocycles. The van der Waals surface area contributed by atoms with Crippen molar-refractivity contribution in [3.8, 4) is 17.5 Å². The third-order valence-corrected chi connectivity index (χ3v) is 5.06. The molecule has 0 saturated carbocycles. The van der Waals surface area contributed by atoms with Gasteiger partial charge in [0.25, 0.3) is 5.56 Å². The second-order valence-electron chi connectivity index (χ2n) is 6.96. The number of amidine groups is 1. The molecule has 0 radical (unpaired) electrons. The summed E-state index contributed by atoms with van der Waals surface area (Å²) in [4.78, 5) is 17.7. The van der Waals surface area contributed by atoms with E-state index in [-0.39, 0.29) is 21.9 Å². The summed E-state index contributed by atoms with van der Waals surface area (Å²) in [6.07, 6.45) is -4.01. The van der Waals surface area contributed by atoms with Crippen molar-refractivity contribution in [1.82, 2.24) is 4.57 Å². The zero-order valence-electron chi connectivity index (χ0n) is 17.1. The lowest BCUT2D eigenvalue weighted by Crippen LogP contribution is -2.26. The van der Waals surface area contributed by atoms with E-state index >= 15 is 0 Å². The van der Waals surface area contributed by atoms with Crippen LogP contribution in [0.1, 0.15) is 18.7 Å². The molecule has 2 atom stereocenters. The highest BCUT2D eigenvalue weighted by Crippen LogP contribution is 2.28. The van der Waals surface area contributed by atoms with Gasteiger partial charge in [0.1, 0.15) is 17.5 Å². The summed E-state index contributed by atoms with van der Waals surface area (Å²) in [5.41, 5.74) is 5.95. The maximum absolute atomic E-state index is 13.4. The number of ether oxygens (including phenoxy) is 1. The quantitative estimate of drug-likeness (QED) is 0.395. The largest absolute Gasteiger partial charge is 0.573 e. The highest BCUT2D eigenvalue weighted by atomic mass is 35.5. The molecule has 3 aromatic rings. The van der Waals surface area contributed by atoms with Crippen LogP contribution in [0.3, 0.4) is 0 Å². The van der Waals surface area contributed by atoms with Crippen LogP contribution in [0.4, 0.5) is 13.2 Å². The summed E-state index contributed by atoms with van der Waals surface area (Å²) >= 11 is 6.25. The van der Waals surface area contributed by atoms with Crippen molar-refractivity contribution < 1.29 is 17.9 Å². The molecule has 2 aromatic carbocycles. The van der Waals surface area contributed by atoms with E-state index in [4.69, 9.17) is 28.0 Å². The molecule has 7 nitrogen and oxygen atoms in total. The Bertz CT molecular complexity index is 1330. The van der Waals surface area contributed by atoms with E-state index in [0.717, 1.165) is 18.3 Å². The first-order chi connectivity index (χ1) is 15.6. The monoisotopic (exact) mass is 475 g/mol. The fourth-order valence-corrected chi connectivity index (χ4v) is 3.53. The number of nitrogens with two attached hydrogens (primary N) is 1. The third-order valence-electron chi connectivity index (χ3n) is 4.75. The first-order valence-corrected chi connectivity index (χ1v) is 9.87. The number of hydrogen-bond acceptors (Lipinski definition) is 5. The first-order valence-electron chi connectivity index (χ1n) is 9.49. The Morgan fingerprint density at radius 1 is 1.30 bits per heavy atom. The van der Waals surface area contributed by atoms with Gasteiger partial charge < -0.3 is 15.9 Å². The number of benzene rings is 2. The van der Waals surface area contributed by atoms with Gasteiger partial charge >= 0.3 is 6.36 Å². The standard InChI is InChI=1S/C22H17ClF3N5O2/c1-12(30-20(29)14(10-27)11-28)18-9-13-3-2-4-17(23)19(13)21(32)31(18)15-5-7-16(8-6-15)33-22(24,25)26/h2-10,12,14,27H,1H3,(H2,29,30). The van der Waals surface area contributed by atoms with Crippen LogP contribution in [0, 0.1) is 22.7 Å². The Hall–Kier alpha value is -3.84. The second kappa shape index (κ2) is 9.34. The van der Waals surface area contributed by atoms with Crippen LogP contribution in [0.25, 0.3) is 16.5 Å². The van der Waals surface area contributed by atoms with E-state index in [1.54, 1.807) is 31.2 Å². The van der Waals surface area contributed by atoms with E-state index in [9.17, 15) is 18.0 Å². The van der Waals surface area contributed by atoms with Gasteiger partial charge in [-0.1, -0.05) is 23.7 Å². The molecule has 1 aromatic heterocycles. The van der Waals surface area contributed by atoms with Crippen molar-refractivity contribution in [3.63, 3.8) is 0 Å². The molecule has 2 unspecified atom stereocenters. The molecule has 0 spiro atoms. The van der Waals surface area contributed by atoms with Crippen LogP contribution in [0.5, 0.6) is 5.75 Å². The van der Waals surface area contributed by atoms with Crippen molar-refractivity contribution in [1.29, 1.82) is 10.7 Å². The number of rotatable bonds is 6. The summed E-state index contributed by atoms with van der Waals surface area (Å²) in [5, 5.41) is 17.4. The molecule has 0 aliphatic carbocycles. The van der Waals surface area contributed by atoms with E-state index < -0.39 is 29.6 Å². The van der Waals surface area contributed by atoms with Gasteiger partial charge in [0.15, 0.2) is 0 Å². The molecular weight excluding hydrogens is 459 g/mol. The zero-order valence-corrected chi connectivity index (χ0v) is 17.9. The minimum absolute atomic E-state index is 0.112. The minimum atomic E-state index is -4.85. The molecule has 33 heavy (non-hydrogen) atoms. The van der Waals surface area contributed by atoms with Crippen LogP contribution < -0.4 is 16.0 Å². The van der Waals surface area contributed by atoms with Crippen molar-refractivity contribution in [2.75, 3.05) is 0 Å². The van der Waals surface area contributed by atoms with Gasteiger partial charge in [-0.15, -0.1) is 13.2 Å². The maximum Gasteiger partial charge on any atom is 0.573 e. The van der Waals surface area contributed by atoms with Crippen LogP contribution in [0.15, 0.2) is 58.3 Å². The smallest absolute Gasteiger partial charge is 0.406 e. The number of nitriles is 1. The van der Waals surface area contributed by atoms with Crippen molar-refractivity contribution in [2.45, 2.75) is 19.3 Å². The van der Waals surface area contributed by atoms with E-state index in [2.05, 4.69) is 9.73 Å². The predicted octanol–water partition coefficient (Wildman–Crippen LogP) is 4.75.